The Labute approximate surface area is 56.7 Å². The van der Waals surface area contributed by atoms with Crippen molar-refractivity contribution in [3.8, 4) is 0 Å². The number of aliphatic imine (C=N–C) groups is 1. The van der Waals surface area contributed by atoms with Crippen LogP contribution in [0.25, 0.3) is 0 Å². The Morgan fingerprint density at radius 1 is 1.44 bits per heavy atom. The van der Waals surface area contributed by atoms with Crippen LogP contribution in [0.1, 0.15) is 20.8 Å². The second kappa shape index (κ2) is 5.35. The number of rotatable bonds is 3. The molecule has 0 unspecified atom stereocenters. The summed E-state index contributed by atoms with van der Waals surface area (Å²) in [5.74, 6) is 0. The molecule has 0 fully saturated rings. The van der Waals surface area contributed by atoms with E-state index in [1.807, 2.05) is 13.1 Å². The van der Waals surface area contributed by atoms with Crippen LogP contribution in [0.15, 0.2) is 17.4 Å². The van der Waals surface area contributed by atoms with E-state index in [4.69, 9.17) is 0 Å². The molecule has 0 heterocycles. The van der Waals surface area contributed by atoms with Gasteiger partial charge >= 0.3 is 0 Å². The van der Waals surface area contributed by atoms with Crippen LogP contribution in [0.2, 0.25) is 0 Å². The van der Waals surface area contributed by atoms with Gasteiger partial charge in [-0.1, -0.05) is 0 Å². The largest absolute Gasteiger partial charge is 0.387 e. The summed E-state index contributed by atoms with van der Waals surface area (Å²) in [5, 5.41) is 3.09. The fourth-order valence-electron chi connectivity index (χ4n) is 0.365. The molecule has 0 spiro atoms. The SMILES string of the molecule is CC=N/C=C\NC(C)C. The number of hydrogen-bond donors (Lipinski definition) is 1. The van der Waals surface area contributed by atoms with Crippen molar-refractivity contribution in [3.05, 3.63) is 12.4 Å². The average Bonchev–Trinajstić information content (AvgIpc) is 1.80. The average molecular weight is 126 g/mol. The molecule has 2 nitrogen and oxygen atoms in total. The topological polar surface area (TPSA) is 24.4 Å². The fraction of sp³-hybridized carbons (Fsp3) is 0.571. The van der Waals surface area contributed by atoms with Crippen molar-refractivity contribution < 1.29 is 0 Å². The van der Waals surface area contributed by atoms with Gasteiger partial charge in [-0.3, -0.25) is 4.99 Å². The zero-order valence-corrected chi connectivity index (χ0v) is 6.26. The maximum atomic E-state index is 3.88. The van der Waals surface area contributed by atoms with Gasteiger partial charge in [0.2, 0.25) is 0 Å². The van der Waals surface area contributed by atoms with E-state index in [0.29, 0.717) is 6.04 Å². The molecule has 0 atom stereocenters. The normalized spacial score (nSPS) is 12.0. The standard InChI is InChI=1S/C7H14N2/c1-4-8-5-6-9-7(2)3/h4-7,9H,1-3H3/b6-5-,8-4?. The van der Waals surface area contributed by atoms with Crippen LogP contribution < -0.4 is 5.32 Å². The molecule has 0 aromatic carbocycles. The maximum Gasteiger partial charge on any atom is 0.0420 e. The lowest BCUT2D eigenvalue weighted by atomic mass is 10.4. The minimum absolute atomic E-state index is 0.494. The van der Waals surface area contributed by atoms with Crippen LogP contribution in [0.3, 0.4) is 0 Å². The van der Waals surface area contributed by atoms with Crippen LogP contribution in [0, 0.1) is 0 Å². The molecule has 0 aromatic heterocycles. The van der Waals surface area contributed by atoms with Crippen LogP contribution in [0.4, 0.5) is 0 Å². The summed E-state index contributed by atoms with van der Waals surface area (Å²) < 4.78 is 0. The second-order valence-corrected chi connectivity index (χ2v) is 2.04. The molecular weight excluding hydrogens is 112 g/mol. The van der Waals surface area contributed by atoms with Gasteiger partial charge in [0.1, 0.15) is 0 Å². The summed E-state index contributed by atoms with van der Waals surface area (Å²) in [6.45, 7) is 6.06. The molecule has 9 heavy (non-hydrogen) atoms. The molecule has 0 saturated carbocycles. The Hall–Kier alpha value is -0.790. The Kier molecular flexibility index (Phi) is 4.88. The van der Waals surface area contributed by atoms with Gasteiger partial charge in [0, 0.05) is 24.7 Å². The molecule has 0 radical (unpaired) electrons. The highest BCUT2D eigenvalue weighted by Crippen LogP contribution is 1.76. The molecule has 0 aliphatic heterocycles. The number of hydrogen-bond acceptors (Lipinski definition) is 2. The van der Waals surface area contributed by atoms with E-state index in [-0.39, 0.29) is 0 Å². The lowest BCUT2D eigenvalue weighted by Gasteiger charge is -2.00. The summed E-state index contributed by atoms with van der Waals surface area (Å²) in [7, 11) is 0. The first-order valence-corrected chi connectivity index (χ1v) is 3.16. The molecule has 0 aromatic rings. The quantitative estimate of drug-likeness (QED) is 0.570. The molecule has 0 aliphatic rings. The third-order valence-electron chi connectivity index (χ3n) is 0.739. The van der Waals surface area contributed by atoms with E-state index in [9.17, 15) is 0 Å². The minimum Gasteiger partial charge on any atom is -0.387 e. The predicted molar refractivity (Wildman–Crippen MR) is 41.6 cm³/mol. The van der Waals surface area contributed by atoms with Gasteiger partial charge in [0.25, 0.3) is 0 Å². The van der Waals surface area contributed by atoms with Crippen molar-refractivity contribution in [2.45, 2.75) is 26.8 Å². The molecule has 0 saturated heterocycles. The summed E-state index contributed by atoms with van der Waals surface area (Å²) >= 11 is 0. The summed E-state index contributed by atoms with van der Waals surface area (Å²) in [5.41, 5.74) is 0. The first-order valence-electron chi connectivity index (χ1n) is 3.16. The first kappa shape index (κ1) is 8.21. The van der Waals surface area contributed by atoms with Gasteiger partial charge in [-0.25, -0.2) is 0 Å². The minimum atomic E-state index is 0.494. The summed E-state index contributed by atoms with van der Waals surface area (Å²) in [6.07, 6.45) is 5.32. The molecule has 0 amide bonds. The Bertz CT molecular complexity index is 103. The van der Waals surface area contributed by atoms with E-state index in [0.717, 1.165) is 0 Å². The van der Waals surface area contributed by atoms with Crippen LogP contribution in [-0.4, -0.2) is 12.3 Å². The van der Waals surface area contributed by atoms with Crippen LogP contribution >= 0.6 is 0 Å². The Balaban J connectivity index is 3.25. The lowest BCUT2D eigenvalue weighted by Crippen LogP contribution is -2.14. The summed E-state index contributed by atoms with van der Waals surface area (Å²) in [6, 6.07) is 0.494. The van der Waals surface area contributed by atoms with Gasteiger partial charge in [-0.15, -0.1) is 0 Å². The third kappa shape index (κ3) is 7.21. The highest BCUT2D eigenvalue weighted by molar-refractivity contribution is 5.54. The van der Waals surface area contributed by atoms with Crippen molar-refractivity contribution in [1.29, 1.82) is 0 Å². The van der Waals surface area contributed by atoms with Crippen LogP contribution in [-0.2, 0) is 0 Å². The molecule has 1 N–H and O–H groups in total. The third-order valence-corrected chi connectivity index (χ3v) is 0.739. The van der Waals surface area contributed by atoms with Crippen molar-refractivity contribution in [3.63, 3.8) is 0 Å². The fourth-order valence-corrected chi connectivity index (χ4v) is 0.365. The Morgan fingerprint density at radius 3 is 2.56 bits per heavy atom. The van der Waals surface area contributed by atoms with Crippen molar-refractivity contribution in [1.82, 2.24) is 5.32 Å². The van der Waals surface area contributed by atoms with E-state index < -0.39 is 0 Å². The van der Waals surface area contributed by atoms with E-state index in [1.165, 1.54) is 0 Å². The Morgan fingerprint density at radius 2 is 2.11 bits per heavy atom. The molecule has 2 heteroatoms. The lowest BCUT2D eigenvalue weighted by molar-refractivity contribution is 0.701. The molecule has 52 valence electrons. The van der Waals surface area contributed by atoms with Crippen molar-refractivity contribution in [2.24, 2.45) is 4.99 Å². The predicted octanol–water partition coefficient (Wildman–Crippen LogP) is 1.55. The van der Waals surface area contributed by atoms with Gasteiger partial charge in [-0.2, -0.15) is 0 Å². The van der Waals surface area contributed by atoms with E-state index in [2.05, 4.69) is 24.2 Å². The second-order valence-electron chi connectivity index (χ2n) is 2.04. The highest BCUT2D eigenvalue weighted by Gasteiger charge is 1.80. The van der Waals surface area contributed by atoms with Crippen LogP contribution in [0.5, 0.6) is 0 Å². The first-order chi connectivity index (χ1) is 4.27. The molecule has 0 aliphatic carbocycles. The smallest absolute Gasteiger partial charge is 0.0420 e. The van der Waals surface area contributed by atoms with Crippen molar-refractivity contribution >= 4 is 6.21 Å². The number of nitrogens with one attached hydrogen (secondary N) is 1. The molecular formula is C7H14N2. The zero-order chi connectivity index (χ0) is 7.11. The monoisotopic (exact) mass is 126 g/mol. The van der Waals surface area contributed by atoms with Gasteiger partial charge in [0.05, 0.1) is 0 Å². The highest BCUT2D eigenvalue weighted by atomic mass is 14.9. The van der Waals surface area contributed by atoms with Gasteiger partial charge < -0.3 is 5.32 Å². The molecule has 0 rings (SSSR count). The van der Waals surface area contributed by atoms with E-state index in [1.54, 1.807) is 12.4 Å². The molecule has 0 bridgehead atoms. The number of nitrogens with zero attached hydrogens (tertiary/aromatic N) is 1. The van der Waals surface area contributed by atoms with Gasteiger partial charge in [-0.05, 0) is 20.8 Å². The summed E-state index contributed by atoms with van der Waals surface area (Å²) in [4.78, 5) is 3.88. The van der Waals surface area contributed by atoms with E-state index >= 15 is 0 Å². The maximum absolute atomic E-state index is 3.88. The van der Waals surface area contributed by atoms with Gasteiger partial charge in [0.15, 0.2) is 0 Å². The zero-order valence-electron chi connectivity index (χ0n) is 6.26. The van der Waals surface area contributed by atoms with Crippen molar-refractivity contribution in [2.75, 3.05) is 0 Å².